The van der Waals surface area contributed by atoms with Crippen LogP contribution in [0.4, 0.5) is 0 Å². The highest BCUT2D eigenvalue weighted by atomic mass is 16.4. The summed E-state index contributed by atoms with van der Waals surface area (Å²) < 4.78 is 0. The maximum absolute atomic E-state index is 12.7. The standard InChI is InChI=1S/C23H34N4O8/c1-12(2)10-18(23(34)35)27-20(31)13(3)25-22(33)17(8-9-19(29)30)26-21(32)16(24)11-14-4-6-15(28)7-5-14/h4-7,12-13,16-18,28H,8-11,24H2,1-3H3,(H,25,33)(H,26,32)(H,27,31)(H,29,30)(H,34,35). The third-order valence-electron chi connectivity index (χ3n) is 5.08. The minimum Gasteiger partial charge on any atom is -0.508 e. The van der Waals surface area contributed by atoms with E-state index in [9.17, 15) is 34.2 Å². The Morgan fingerprint density at radius 3 is 1.94 bits per heavy atom. The predicted molar refractivity (Wildman–Crippen MR) is 125 cm³/mol. The number of carbonyl (C=O) groups is 5. The minimum absolute atomic E-state index is 0.00249. The molecule has 0 aliphatic heterocycles. The second-order valence-electron chi connectivity index (χ2n) is 8.73. The number of carboxylic acids is 2. The SMILES string of the molecule is CC(C)CC(NC(=O)C(C)NC(=O)C(CCC(=O)O)NC(=O)C(N)Cc1ccc(O)cc1)C(=O)O. The summed E-state index contributed by atoms with van der Waals surface area (Å²) in [5.74, 6) is -4.59. The van der Waals surface area contributed by atoms with E-state index in [-0.39, 0.29) is 30.9 Å². The third-order valence-corrected chi connectivity index (χ3v) is 5.08. The van der Waals surface area contributed by atoms with Gasteiger partial charge >= 0.3 is 11.9 Å². The van der Waals surface area contributed by atoms with Crippen molar-refractivity contribution in [3.63, 3.8) is 0 Å². The lowest BCUT2D eigenvalue weighted by Crippen LogP contribution is -2.56. The van der Waals surface area contributed by atoms with Crippen LogP contribution in [0, 0.1) is 5.92 Å². The van der Waals surface area contributed by atoms with E-state index < -0.39 is 60.2 Å². The number of nitrogens with two attached hydrogens (primary N) is 1. The fourth-order valence-corrected chi connectivity index (χ4v) is 3.16. The summed E-state index contributed by atoms with van der Waals surface area (Å²) in [6.45, 7) is 4.94. The van der Waals surface area contributed by atoms with Crippen LogP contribution in [0.2, 0.25) is 0 Å². The lowest BCUT2D eigenvalue weighted by atomic mass is 10.0. The van der Waals surface area contributed by atoms with Gasteiger partial charge in [-0.3, -0.25) is 19.2 Å². The monoisotopic (exact) mass is 494 g/mol. The molecule has 0 aliphatic carbocycles. The van der Waals surface area contributed by atoms with E-state index in [1.807, 2.05) is 0 Å². The smallest absolute Gasteiger partial charge is 0.326 e. The summed E-state index contributed by atoms with van der Waals surface area (Å²) in [5.41, 5.74) is 6.59. The second-order valence-corrected chi connectivity index (χ2v) is 8.73. The Labute approximate surface area is 203 Å². The second kappa shape index (κ2) is 13.9. The van der Waals surface area contributed by atoms with Crippen molar-refractivity contribution in [3.8, 4) is 5.75 Å². The van der Waals surface area contributed by atoms with E-state index in [1.165, 1.54) is 19.1 Å². The molecule has 0 aliphatic rings. The highest BCUT2D eigenvalue weighted by molar-refractivity contribution is 5.94. The number of amides is 3. The Bertz CT molecular complexity index is 903. The Balaban J connectivity index is 2.81. The summed E-state index contributed by atoms with van der Waals surface area (Å²) >= 11 is 0. The van der Waals surface area contributed by atoms with Crippen LogP contribution in [0.25, 0.3) is 0 Å². The molecule has 4 atom stereocenters. The lowest BCUT2D eigenvalue weighted by Gasteiger charge is -2.23. The Hall–Kier alpha value is -3.67. The molecule has 0 aromatic heterocycles. The normalized spacial score (nSPS) is 14.3. The van der Waals surface area contributed by atoms with Gasteiger partial charge in [-0.2, -0.15) is 0 Å². The van der Waals surface area contributed by atoms with E-state index in [2.05, 4.69) is 16.0 Å². The number of nitrogens with one attached hydrogen (secondary N) is 3. The van der Waals surface area contributed by atoms with Gasteiger partial charge in [0.15, 0.2) is 0 Å². The number of hydrogen-bond donors (Lipinski definition) is 7. The van der Waals surface area contributed by atoms with Crippen molar-refractivity contribution in [3.05, 3.63) is 29.8 Å². The van der Waals surface area contributed by atoms with Gasteiger partial charge in [-0.15, -0.1) is 0 Å². The van der Waals surface area contributed by atoms with E-state index >= 15 is 0 Å². The number of phenolic OH excluding ortho intramolecular Hbond substituents is 1. The van der Waals surface area contributed by atoms with Crippen LogP contribution in [-0.4, -0.2) is 69.1 Å². The van der Waals surface area contributed by atoms with Crippen LogP contribution in [0.15, 0.2) is 24.3 Å². The molecule has 194 valence electrons. The van der Waals surface area contributed by atoms with Crippen LogP contribution in [0.1, 0.15) is 45.6 Å². The molecular weight excluding hydrogens is 460 g/mol. The highest BCUT2D eigenvalue weighted by Gasteiger charge is 2.29. The van der Waals surface area contributed by atoms with E-state index in [0.717, 1.165) is 0 Å². The number of rotatable bonds is 14. The van der Waals surface area contributed by atoms with Crippen LogP contribution < -0.4 is 21.7 Å². The van der Waals surface area contributed by atoms with Gasteiger partial charge in [0.05, 0.1) is 6.04 Å². The molecule has 12 nitrogen and oxygen atoms in total. The number of aromatic hydroxyl groups is 1. The van der Waals surface area contributed by atoms with Gasteiger partial charge in [0.2, 0.25) is 17.7 Å². The predicted octanol–water partition coefficient (Wildman–Crippen LogP) is -0.268. The molecule has 35 heavy (non-hydrogen) atoms. The fourth-order valence-electron chi connectivity index (χ4n) is 3.16. The first-order valence-electron chi connectivity index (χ1n) is 11.2. The van der Waals surface area contributed by atoms with Gasteiger partial charge in [-0.1, -0.05) is 26.0 Å². The summed E-state index contributed by atoms with van der Waals surface area (Å²) in [6.07, 6.45) is -0.386. The summed E-state index contributed by atoms with van der Waals surface area (Å²) in [5, 5.41) is 34.8. The van der Waals surface area contributed by atoms with Gasteiger partial charge in [-0.05, 0) is 49.8 Å². The van der Waals surface area contributed by atoms with Crippen molar-refractivity contribution in [2.24, 2.45) is 11.7 Å². The molecular formula is C23H34N4O8. The van der Waals surface area contributed by atoms with Gasteiger partial charge in [0.1, 0.15) is 23.9 Å². The molecule has 12 heteroatoms. The molecule has 4 unspecified atom stereocenters. The van der Waals surface area contributed by atoms with Crippen LogP contribution in [-0.2, 0) is 30.4 Å². The van der Waals surface area contributed by atoms with Crippen molar-refractivity contribution >= 4 is 29.7 Å². The minimum atomic E-state index is -1.29. The number of hydrogen-bond acceptors (Lipinski definition) is 7. The third kappa shape index (κ3) is 10.9. The topological polar surface area (TPSA) is 208 Å². The average molecular weight is 495 g/mol. The van der Waals surface area contributed by atoms with Gasteiger partial charge in [0, 0.05) is 6.42 Å². The van der Waals surface area contributed by atoms with Crippen LogP contribution in [0.5, 0.6) is 5.75 Å². The van der Waals surface area contributed by atoms with Crippen molar-refractivity contribution in [1.82, 2.24) is 16.0 Å². The van der Waals surface area contributed by atoms with E-state index in [0.29, 0.717) is 5.56 Å². The maximum Gasteiger partial charge on any atom is 0.326 e. The Morgan fingerprint density at radius 1 is 0.857 bits per heavy atom. The summed E-state index contributed by atoms with van der Waals surface area (Å²) in [6, 6.07) is 1.41. The molecule has 3 amide bonds. The molecule has 0 saturated carbocycles. The van der Waals surface area contributed by atoms with Crippen molar-refractivity contribution < 1.29 is 39.3 Å². The number of carbonyl (C=O) groups excluding carboxylic acids is 3. The molecule has 0 saturated heterocycles. The Morgan fingerprint density at radius 2 is 1.43 bits per heavy atom. The molecule has 0 spiro atoms. The van der Waals surface area contributed by atoms with Crippen molar-refractivity contribution in [2.75, 3.05) is 0 Å². The number of aliphatic carboxylic acids is 2. The fraction of sp³-hybridized carbons (Fsp3) is 0.522. The largest absolute Gasteiger partial charge is 0.508 e. The first-order valence-corrected chi connectivity index (χ1v) is 11.2. The van der Waals surface area contributed by atoms with Crippen LogP contribution >= 0.6 is 0 Å². The van der Waals surface area contributed by atoms with Gasteiger partial charge in [-0.25, -0.2) is 4.79 Å². The van der Waals surface area contributed by atoms with E-state index in [4.69, 9.17) is 10.8 Å². The lowest BCUT2D eigenvalue weighted by molar-refractivity contribution is -0.142. The molecule has 0 radical (unpaired) electrons. The quantitative estimate of drug-likeness (QED) is 0.181. The maximum atomic E-state index is 12.7. The number of carboxylic acid groups (broad SMARTS) is 2. The molecule has 1 rings (SSSR count). The molecule has 1 aromatic carbocycles. The summed E-state index contributed by atoms with van der Waals surface area (Å²) in [7, 11) is 0. The highest BCUT2D eigenvalue weighted by Crippen LogP contribution is 2.11. The van der Waals surface area contributed by atoms with Gasteiger partial charge in [0.25, 0.3) is 0 Å². The molecule has 0 fully saturated rings. The molecule has 1 aromatic rings. The molecule has 8 N–H and O–H groups in total. The average Bonchev–Trinajstić information content (AvgIpc) is 2.76. The zero-order valence-electron chi connectivity index (χ0n) is 20.0. The summed E-state index contributed by atoms with van der Waals surface area (Å²) in [4.78, 5) is 60.1. The van der Waals surface area contributed by atoms with Crippen LogP contribution in [0.3, 0.4) is 0 Å². The zero-order chi connectivity index (χ0) is 26.7. The Kier molecular flexibility index (Phi) is 11.7. The van der Waals surface area contributed by atoms with Gasteiger partial charge < -0.3 is 37.0 Å². The molecule has 0 heterocycles. The van der Waals surface area contributed by atoms with Crippen molar-refractivity contribution in [2.45, 2.75) is 70.6 Å². The van der Waals surface area contributed by atoms with E-state index in [1.54, 1.807) is 26.0 Å². The first-order chi connectivity index (χ1) is 16.3. The van der Waals surface area contributed by atoms with Crippen molar-refractivity contribution in [1.29, 1.82) is 0 Å². The number of phenols is 1. The molecule has 0 bridgehead atoms. The first kappa shape index (κ1) is 29.4. The number of benzene rings is 1. The zero-order valence-corrected chi connectivity index (χ0v) is 20.0.